The first kappa shape index (κ1) is 12.2. The van der Waals surface area contributed by atoms with Crippen LogP contribution in [0.2, 0.25) is 0 Å². The van der Waals surface area contributed by atoms with E-state index in [1.165, 1.54) is 7.11 Å². The maximum atomic E-state index is 12.2. The molecule has 1 aromatic rings. The van der Waals surface area contributed by atoms with Gasteiger partial charge in [0.15, 0.2) is 5.57 Å². The van der Waals surface area contributed by atoms with E-state index in [0.29, 0.717) is 18.7 Å². The topological polar surface area (TPSA) is 53.3 Å². The van der Waals surface area contributed by atoms with Crippen molar-refractivity contribution in [2.75, 3.05) is 18.6 Å². The van der Waals surface area contributed by atoms with Gasteiger partial charge in [0.25, 0.3) is 5.91 Å². The Morgan fingerprint density at radius 3 is 2.56 bits per heavy atom. The van der Waals surface area contributed by atoms with E-state index in [-0.39, 0.29) is 11.5 Å². The summed E-state index contributed by atoms with van der Waals surface area (Å²) < 4.78 is 5.08. The lowest BCUT2D eigenvalue weighted by molar-refractivity contribution is -0.115. The Balaban J connectivity index is 2.34. The Morgan fingerprint density at radius 2 is 2.00 bits per heavy atom. The molecule has 0 unspecified atom stereocenters. The highest BCUT2D eigenvalue weighted by Crippen LogP contribution is 2.25. The smallest absolute Gasteiger partial charge is 0.272 e. The fourth-order valence-corrected chi connectivity index (χ4v) is 1.98. The zero-order valence-electron chi connectivity index (χ0n) is 10.4. The largest absolute Gasteiger partial charge is 0.499 e. The van der Waals surface area contributed by atoms with Crippen molar-refractivity contribution in [3.05, 3.63) is 41.2 Å². The molecule has 1 aromatic carbocycles. The predicted octanol–water partition coefficient (Wildman–Crippen LogP) is 2.16. The minimum atomic E-state index is -0.288. The number of nitriles is 1. The zero-order valence-corrected chi connectivity index (χ0v) is 10.4. The number of aryl methyl sites for hydroxylation is 1. The Kier molecular flexibility index (Phi) is 3.33. The minimum absolute atomic E-state index is 0.101. The van der Waals surface area contributed by atoms with Crippen molar-refractivity contribution in [1.29, 1.82) is 5.26 Å². The van der Waals surface area contributed by atoms with E-state index < -0.39 is 0 Å². The van der Waals surface area contributed by atoms with E-state index in [2.05, 4.69) is 0 Å². The number of benzene rings is 1. The second-order valence-corrected chi connectivity index (χ2v) is 4.16. The van der Waals surface area contributed by atoms with Gasteiger partial charge in [-0.05, 0) is 19.1 Å². The summed E-state index contributed by atoms with van der Waals surface area (Å²) in [7, 11) is 1.49. The number of ether oxygens (including phenoxy) is 1. The van der Waals surface area contributed by atoms with E-state index in [9.17, 15) is 4.79 Å². The number of methoxy groups -OCH3 is 1. The van der Waals surface area contributed by atoms with Crippen LogP contribution in [0.15, 0.2) is 35.6 Å². The van der Waals surface area contributed by atoms with Crippen LogP contribution < -0.4 is 4.90 Å². The number of carbonyl (C=O) groups excluding carboxylic acids is 1. The average molecular weight is 242 g/mol. The van der Waals surface area contributed by atoms with Crippen molar-refractivity contribution in [2.45, 2.75) is 13.3 Å². The van der Waals surface area contributed by atoms with Crippen molar-refractivity contribution in [2.24, 2.45) is 0 Å². The molecule has 0 aromatic heterocycles. The maximum Gasteiger partial charge on any atom is 0.272 e. The second-order valence-electron chi connectivity index (χ2n) is 4.16. The molecule has 92 valence electrons. The molecule has 0 N–H and O–H groups in total. The molecule has 1 aliphatic rings. The number of nitrogens with zero attached hydrogens (tertiary/aromatic N) is 2. The molecule has 18 heavy (non-hydrogen) atoms. The normalized spacial score (nSPS) is 15.6. The minimum Gasteiger partial charge on any atom is -0.499 e. The molecule has 0 spiro atoms. The van der Waals surface area contributed by atoms with E-state index >= 15 is 0 Å². The van der Waals surface area contributed by atoms with Gasteiger partial charge in [-0.3, -0.25) is 4.79 Å². The predicted molar refractivity (Wildman–Crippen MR) is 67.8 cm³/mol. The Hall–Kier alpha value is -2.28. The van der Waals surface area contributed by atoms with Crippen molar-refractivity contribution in [3.63, 3.8) is 0 Å². The van der Waals surface area contributed by atoms with Crippen LogP contribution in [-0.4, -0.2) is 19.6 Å². The first-order valence-electron chi connectivity index (χ1n) is 5.73. The van der Waals surface area contributed by atoms with Gasteiger partial charge < -0.3 is 9.64 Å². The van der Waals surface area contributed by atoms with Gasteiger partial charge in [-0.2, -0.15) is 5.26 Å². The van der Waals surface area contributed by atoms with Gasteiger partial charge in [0, 0.05) is 18.7 Å². The monoisotopic (exact) mass is 242 g/mol. The van der Waals surface area contributed by atoms with E-state index in [1.807, 2.05) is 37.3 Å². The molecule has 2 rings (SSSR count). The molecule has 0 radical (unpaired) electrons. The Labute approximate surface area is 106 Å². The van der Waals surface area contributed by atoms with Crippen LogP contribution >= 0.6 is 0 Å². The van der Waals surface area contributed by atoms with Crippen LogP contribution in [0, 0.1) is 18.3 Å². The van der Waals surface area contributed by atoms with Crippen LogP contribution in [0.3, 0.4) is 0 Å². The zero-order chi connectivity index (χ0) is 13.1. The number of hydrogen-bond acceptors (Lipinski definition) is 3. The summed E-state index contributed by atoms with van der Waals surface area (Å²) in [5, 5.41) is 9.04. The van der Waals surface area contributed by atoms with E-state index in [1.54, 1.807) is 4.90 Å². The van der Waals surface area contributed by atoms with E-state index in [0.717, 1.165) is 11.3 Å². The summed E-state index contributed by atoms with van der Waals surface area (Å²) in [6.07, 6.45) is 0.568. The van der Waals surface area contributed by atoms with Crippen molar-refractivity contribution >= 4 is 11.6 Å². The van der Waals surface area contributed by atoms with Crippen LogP contribution in [0.4, 0.5) is 5.69 Å². The third-order valence-electron chi connectivity index (χ3n) is 3.00. The van der Waals surface area contributed by atoms with Crippen molar-refractivity contribution in [1.82, 2.24) is 0 Å². The quantitative estimate of drug-likeness (QED) is 0.798. The lowest BCUT2D eigenvalue weighted by Crippen LogP contribution is -2.37. The van der Waals surface area contributed by atoms with Gasteiger partial charge in [0.1, 0.15) is 11.8 Å². The Bertz CT molecular complexity index is 538. The molecule has 1 amide bonds. The van der Waals surface area contributed by atoms with Gasteiger partial charge in [-0.15, -0.1) is 0 Å². The number of amides is 1. The lowest BCUT2D eigenvalue weighted by Gasteiger charge is -2.27. The summed E-state index contributed by atoms with van der Waals surface area (Å²) in [5.41, 5.74) is 2.05. The van der Waals surface area contributed by atoms with Gasteiger partial charge in [0.2, 0.25) is 0 Å². The third kappa shape index (κ3) is 2.07. The van der Waals surface area contributed by atoms with E-state index in [4.69, 9.17) is 10.00 Å². The number of rotatable bonds is 2. The summed E-state index contributed by atoms with van der Waals surface area (Å²) in [5.74, 6) is 0.190. The molecule has 0 aliphatic carbocycles. The summed E-state index contributed by atoms with van der Waals surface area (Å²) in [6, 6.07) is 9.60. The average Bonchev–Trinajstić information content (AvgIpc) is 2.39. The van der Waals surface area contributed by atoms with Gasteiger partial charge in [-0.1, -0.05) is 17.7 Å². The first-order valence-corrected chi connectivity index (χ1v) is 5.73. The number of carbonyl (C=O) groups is 1. The molecular formula is C14H14N2O2. The molecular weight excluding hydrogens is 228 g/mol. The molecule has 0 saturated heterocycles. The molecule has 1 heterocycles. The van der Waals surface area contributed by atoms with Crippen molar-refractivity contribution < 1.29 is 9.53 Å². The molecule has 4 nitrogen and oxygen atoms in total. The SMILES string of the molecule is COC1=C(C#N)C(=O)N(c2ccc(C)cc2)CC1. The molecule has 0 atom stereocenters. The van der Waals surface area contributed by atoms with Crippen molar-refractivity contribution in [3.8, 4) is 6.07 Å². The van der Waals surface area contributed by atoms with Gasteiger partial charge in [0.05, 0.1) is 7.11 Å². The molecule has 4 heteroatoms. The highest BCUT2D eigenvalue weighted by atomic mass is 16.5. The first-order chi connectivity index (χ1) is 8.67. The van der Waals surface area contributed by atoms with Gasteiger partial charge in [-0.25, -0.2) is 0 Å². The highest BCUT2D eigenvalue weighted by molar-refractivity contribution is 6.09. The summed E-state index contributed by atoms with van der Waals surface area (Å²) in [6.45, 7) is 2.53. The molecule has 0 saturated carbocycles. The number of anilines is 1. The lowest BCUT2D eigenvalue weighted by atomic mass is 10.1. The molecule has 0 bridgehead atoms. The second kappa shape index (κ2) is 4.92. The van der Waals surface area contributed by atoms with Crippen LogP contribution in [-0.2, 0) is 9.53 Å². The fourth-order valence-electron chi connectivity index (χ4n) is 1.98. The Morgan fingerprint density at radius 1 is 1.33 bits per heavy atom. The summed E-state index contributed by atoms with van der Waals surface area (Å²) >= 11 is 0. The van der Waals surface area contributed by atoms with Gasteiger partial charge >= 0.3 is 0 Å². The summed E-state index contributed by atoms with van der Waals surface area (Å²) in [4.78, 5) is 13.8. The molecule has 1 aliphatic heterocycles. The standard InChI is InChI=1S/C14H14N2O2/c1-10-3-5-11(6-4-10)16-8-7-13(18-2)12(9-15)14(16)17/h3-6H,7-8H2,1-2H3. The molecule has 0 fully saturated rings. The third-order valence-corrected chi connectivity index (χ3v) is 3.00. The maximum absolute atomic E-state index is 12.2. The van der Waals surface area contributed by atoms with Crippen LogP contribution in [0.1, 0.15) is 12.0 Å². The van der Waals surface area contributed by atoms with Crippen LogP contribution in [0.5, 0.6) is 0 Å². The van der Waals surface area contributed by atoms with Crippen LogP contribution in [0.25, 0.3) is 0 Å². The number of hydrogen-bond donors (Lipinski definition) is 0. The fraction of sp³-hybridized carbons (Fsp3) is 0.286. The highest BCUT2D eigenvalue weighted by Gasteiger charge is 2.28.